The number of hydrogen-bond donors (Lipinski definition) is 2. The standard InChI is InChI=1S/C10H11F3N2O/c1-7-4-2-3-5-8(7)15-9(16)14-6-10(11,12)13/h2-5H,6H2,1H3,(H2,14,15,16). The lowest BCUT2D eigenvalue weighted by molar-refractivity contribution is -0.122. The fourth-order valence-corrected chi connectivity index (χ4v) is 1.06. The van der Waals surface area contributed by atoms with Crippen molar-refractivity contribution in [2.75, 3.05) is 11.9 Å². The SMILES string of the molecule is Cc1ccccc1NC(=O)NCC(F)(F)F. The fourth-order valence-electron chi connectivity index (χ4n) is 1.06. The molecule has 0 saturated heterocycles. The molecule has 0 aliphatic carbocycles. The Morgan fingerprint density at radius 2 is 1.94 bits per heavy atom. The van der Waals surface area contributed by atoms with Crippen LogP contribution in [0.15, 0.2) is 24.3 Å². The Hall–Kier alpha value is -1.72. The molecule has 1 aromatic carbocycles. The number of alkyl halides is 3. The molecule has 0 saturated carbocycles. The summed E-state index contributed by atoms with van der Waals surface area (Å²) >= 11 is 0. The van der Waals surface area contributed by atoms with Gasteiger partial charge in [-0.2, -0.15) is 13.2 Å². The highest BCUT2D eigenvalue weighted by atomic mass is 19.4. The van der Waals surface area contributed by atoms with Gasteiger partial charge in [-0.15, -0.1) is 0 Å². The molecule has 0 heterocycles. The van der Waals surface area contributed by atoms with Crippen molar-refractivity contribution in [3.63, 3.8) is 0 Å². The van der Waals surface area contributed by atoms with Crippen LogP contribution in [0.1, 0.15) is 5.56 Å². The van der Waals surface area contributed by atoms with Crippen LogP contribution in [0.3, 0.4) is 0 Å². The van der Waals surface area contributed by atoms with Crippen LogP contribution in [0, 0.1) is 6.92 Å². The Bertz CT molecular complexity index is 377. The van der Waals surface area contributed by atoms with Crippen molar-refractivity contribution in [1.29, 1.82) is 0 Å². The van der Waals surface area contributed by atoms with E-state index in [0.29, 0.717) is 5.69 Å². The Balaban J connectivity index is 2.50. The average Bonchev–Trinajstić information content (AvgIpc) is 2.18. The number of anilines is 1. The maximum absolute atomic E-state index is 11.8. The quantitative estimate of drug-likeness (QED) is 0.808. The number of halogens is 3. The Kier molecular flexibility index (Phi) is 3.76. The number of hydrogen-bond acceptors (Lipinski definition) is 1. The van der Waals surface area contributed by atoms with Gasteiger partial charge in [0.05, 0.1) is 0 Å². The van der Waals surface area contributed by atoms with Gasteiger partial charge in [-0.25, -0.2) is 4.79 Å². The zero-order valence-corrected chi connectivity index (χ0v) is 8.56. The van der Waals surface area contributed by atoms with Crippen molar-refractivity contribution < 1.29 is 18.0 Å². The van der Waals surface area contributed by atoms with Crippen molar-refractivity contribution in [3.8, 4) is 0 Å². The summed E-state index contributed by atoms with van der Waals surface area (Å²) in [5.41, 5.74) is 1.27. The van der Waals surface area contributed by atoms with E-state index in [4.69, 9.17) is 0 Å². The monoisotopic (exact) mass is 232 g/mol. The van der Waals surface area contributed by atoms with E-state index in [1.54, 1.807) is 36.5 Å². The lowest BCUT2D eigenvalue weighted by Crippen LogP contribution is -2.36. The lowest BCUT2D eigenvalue weighted by Gasteiger charge is -2.11. The van der Waals surface area contributed by atoms with E-state index in [-0.39, 0.29) is 0 Å². The first-order valence-corrected chi connectivity index (χ1v) is 4.56. The van der Waals surface area contributed by atoms with Crippen molar-refractivity contribution in [2.24, 2.45) is 0 Å². The smallest absolute Gasteiger partial charge is 0.329 e. The molecule has 2 amide bonds. The number of urea groups is 1. The van der Waals surface area contributed by atoms with E-state index >= 15 is 0 Å². The highest BCUT2D eigenvalue weighted by Gasteiger charge is 2.27. The molecule has 0 atom stereocenters. The first-order chi connectivity index (χ1) is 7.38. The number of para-hydroxylation sites is 1. The summed E-state index contributed by atoms with van der Waals surface area (Å²) in [6, 6.07) is 5.95. The largest absolute Gasteiger partial charge is 0.405 e. The molecule has 6 heteroatoms. The fraction of sp³-hybridized carbons (Fsp3) is 0.300. The minimum absolute atomic E-state index is 0.488. The minimum Gasteiger partial charge on any atom is -0.329 e. The molecule has 0 spiro atoms. The van der Waals surface area contributed by atoms with Gasteiger partial charge < -0.3 is 10.6 Å². The molecule has 3 nitrogen and oxygen atoms in total. The molecular weight excluding hydrogens is 221 g/mol. The third kappa shape index (κ3) is 4.20. The minimum atomic E-state index is -4.40. The van der Waals surface area contributed by atoms with Gasteiger partial charge in [-0.1, -0.05) is 18.2 Å². The second-order valence-corrected chi connectivity index (χ2v) is 3.24. The van der Waals surface area contributed by atoms with Gasteiger partial charge in [0.1, 0.15) is 6.54 Å². The van der Waals surface area contributed by atoms with Crippen LogP contribution >= 0.6 is 0 Å². The highest BCUT2D eigenvalue weighted by Crippen LogP contribution is 2.14. The van der Waals surface area contributed by atoms with Gasteiger partial charge in [0.2, 0.25) is 0 Å². The number of rotatable bonds is 2. The highest BCUT2D eigenvalue weighted by molar-refractivity contribution is 5.89. The normalized spacial score (nSPS) is 11.0. The van der Waals surface area contributed by atoms with Crippen LogP contribution in [0.25, 0.3) is 0 Å². The predicted molar refractivity (Wildman–Crippen MR) is 54.3 cm³/mol. The Morgan fingerprint density at radius 1 is 1.31 bits per heavy atom. The molecule has 0 aromatic heterocycles. The van der Waals surface area contributed by atoms with E-state index in [0.717, 1.165) is 5.56 Å². The summed E-state index contributed by atoms with van der Waals surface area (Å²) in [4.78, 5) is 11.1. The molecule has 2 N–H and O–H groups in total. The molecule has 1 rings (SSSR count). The van der Waals surface area contributed by atoms with Gasteiger partial charge in [-0.3, -0.25) is 0 Å². The molecule has 88 valence electrons. The second-order valence-electron chi connectivity index (χ2n) is 3.24. The molecule has 0 aliphatic rings. The zero-order chi connectivity index (χ0) is 12.2. The summed E-state index contributed by atoms with van der Waals surface area (Å²) in [6.45, 7) is 0.407. The molecule has 0 bridgehead atoms. The van der Waals surface area contributed by atoms with Crippen LogP contribution in [0.4, 0.5) is 23.7 Å². The molecule has 16 heavy (non-hydrogen) atoms. The second kappa shape index (κ2) is 4.87. The third-order valence-electron chi connectivity index (χ3n) is 1.84. The maximum Gasteiger partial charge on any atom is 0.405 e. The van der Waals surface area contributed by atoms with Crippen molar-refractivity contribution >= 4 is 11.7 Å². The third-order valence-corrected chi connectivity index (χ3v) is 1.84. The molecule has 0 unspecified atom stereocenters. The average molecular weight is 232 g/mol. The summed E-state index contributed by atoms with van der Waals surface area (Å²) < 4.78 is 35.4. The van der Waals surface area contributed by atoms with Crippen LogP contribution in [-0.2, 0) is 0 Å². The molecule has 1 aromatic rings. The number of aryl methyl sites for hydroxylation is 1. The number of nitrogens with one attached hydrogen (secondary N) is 2. The van der Waals surface area contributed by atoms with Crippen LogP contribution < -0.4 is 10.6 Å². The van der Waals surface area contributed by atoms with Crippen molar-refractivity contribution in [1.82, 2.24) is 5.32 Å². The lowest BCUT2D eigenvalue weighted by atomic mass is 10.2. The molecule has 0 fully saturated rings. The van der Waals surface area contributed by atoms with E-state index in [1.165, 1.54) is 0 Å². The van der Waals surface area contributed by atoms with Gasteiger partial charge in [0, 0.05) is 5.69 Å². The van der Waals surface area contributed by atoms with Gasteiger partial charge in [0.25, 0.3) is 0 Å². The van der Waals surface area contributed by atoms with Crippen LogP contribution in [0.2, 0.25) is 0 Å². The van der Waals surface area contributed by atoms with E-state index < -0.39 is 18.8 Å². The van der Waals surface area contributed by atoms with Gasteiger partial charge in [0.15, 0.2) is 0 Å². The van der Waals surface area contributed by atoms with Crippen molar-refractivity contribution in [3.05, 3.63) is 29.8 Å². The Labute approximate surface area is 90.6 Å². The summed E-state index contributed by atoms with van der Waals surface area (Å²) in [5.74, 6) is 0. The molecule has 0 aliphatic heterocycles. The van der Waals surface area contributed by atoms with Gasteiger partial charge in [-0.05, 0) is 18.6 Å². The van der Waals surface area contributed by atoms with Crippen molar-refractivity contribution in [2.45, 2.75) is 13.1 Å². The summed E-state index contributed by atoms with van der Waals surface area (Å²) in [7, 11) is 0. The maximum atomic E-state index is 11.8. The van der Waals surface area contributed by atoms with Crippen LogP contribution in [-0.4, -0.2) is 18.8 Å². The van der Waals surface area contributed by atoms with E-state index in [1.807, 2.05) is 0 Å². The zero-order valence-electron chi connectivity index (χ0n) is 8.56. The number of carbonyl (C=O) groups is 1. The van der Waals surface area contributed by atoms with E-state index in [2.05, 4.69) is 5.32 Å². The van der Waals surface area contributed by atoms with E-state index in [9.17, 15) is 18.0 Å². The predicted octanol–water partition coefficient (Wildman–Crippen LogP) is 2.68. The first-order valence-electron chi connectivity index (χ1n) is 4.56. The molecule has 0 radical (unpaired) electrons. The number of benzene rings is 1. The first kappa shape index (κ1) is 12.4. The van der Waals surface area contributed by atoms with Gasteiger partial charge >= 0.3 is 12.2 Å². The topological polar surface area (TPSA) is 41.1 Å². The summed E-state index contributed by atoms with van der Waals surface area (Å²) in [5, 5.41) is 4.06. The number of carbonyl (C=O) groups excluding carboxylic acids is 1. The molecular formula is C10H11F3N2O. The Morgan fingerprint density at radius 3 is 2.50 bits per heavy atom. The number of amides is 2. The summed E-state index contributed by atoms with van der Waals surface area (Å²) in [6.07, 6.45) is -4.40. The van der Waals surface area contributed by atoms with Crippen LogP contribution in [0.5, 0.6) is 0 Å².